The van der Waals surface area contributed by atoms with Crippen LogP contribution in [0.2, 0.25) is 10.0 Å². The third-order valence-electron chi connectivity index (χ3n) is 4.15. The topological polar surface area (TPSA) is 20.2 Å². The van der Waals surface area contributed by atoms with Crippen molar-refractivity contribution >= 4 is 23.2 Å². The summed E-state index contributed by atoms with van der Waals surface area (Å²) in [5.41, 5.74) is 0.783. The van der Waals surface area contributed by atoms with E-state index in [1.807, 2.05) is 12.1 Å². The van der Waals surface area contributed by atoms with Crippen LogP contribution >= 0.6 is 23.2 Å². The summed E-state index contributed by atoms with van der Waals surface area (Å²) in [6.45, 7) is 2.23. The smallest absolute Gasteiger partial charge is 0.0833 e. The first-order valence-electron chi connectivity index (χ1n) is 6.75. The summed E-state index contributed by atoms with van der Waals surface area (Å²) in [5, 5.41) is 11.5. The van der Waals surface area contributed by atoms with Crippen LogP contribution < -0.4 is 0 Å². The number of rotatable bonds is 3. The first-order valence-corrected chi connectivity index (χ1v) is 7.51. The average molecular weight is 287 g/mol. The Bertz CT molecular complexity index is 405. The molecule has 3 heteroatoms. The fourth-order valence-electron chi connectivity index (χ4n) is 2.99. The summed E-state index contributed by atoms with van der Waals surface area (Å²) in [4.78, 5) is 0. The van der Waals surface area contributed by atoms with Gasteiger partial charge in [-0.25, -0.2) is 0 Å². The SMILES string of the molecule is CCC1CCCC(C(O)c2cccc(Cl)c2Cl)C1. The highest BCUT2D eigenvalue weighted by atomic mass is 35.5. The second-order valence-electron chi connectivity index (χ2n) is 5.29. The minimum absolute atomic E-state index is 0.319. The largest absolute Gasteiger partial charge is 0.388 e. The molecule has 100 valence electrons. The van der Waals surface area contributed by atoms with Crippen molar-refractivity contribution in [2.24, 2.45) is 11.8 Å². The Morgan fingerprint density at radius 2 is 2.11 bits per heavy atom. The van der Waals surface area contributed by atoms with Gasteiger partial charge in [0, 0.05) is 5.56 Å². The second-order valence-corrected chi connectivity index (χ2v) is 6.07. The van der Waals surface area contributed by atoms with Crippen molar-refractivity contribution in [3.05, 3.63) is 33.8 Å². The van der Waals surface area contributed by atoms with Gasteiger partial charge in [0.05, 0.1) is 16.1 Å². The molecule has 0 aromatic heterocycles. The molecule has 1 nitrogen and oxygen atoms in total. The molecule has 1 N–H and O–H groups in total. The first-order chi connectivity index (χ1) is 8.63. The molecule has 2 rings (SSSR count). The minimum Gasteiger partial charge on any atom is -0.388 e. The maximum atomic E-state index is 10.5. The highest BCUT2D eigenvalue weighted by Crippen LogP contribution is 2.41. The minimum atomic E-state index is -0.481. The number of aliphatic hydroxyl groups is 1. The Hall–Kier alpha value is -0.240. The van der Waals surface area contributed by atoms with Gasteiger partial charge in [0.15, 0.2) is 0 Å². The molecule has 0 amide bonds. The number of hydrogen-bond acceptors (Lipinski definition) is 1. The van der Waals surface area contributed by atoms with E-state index >= 15 is 0 Å². The zero-order chi connectivity index (χ0) is 13.1. The quantitative estimate of drug-likeness (QED) is 0.805. The molecule has 1 aliphatic carbocycles. The maximum Gasteiger partial charge on any atom is 0.0833 e. The monoisotopic (exact) mass is 286 g/mol. The van der Waals surface area contributed by atoms with Gasteiger partial charge in [-0.2, -0.15) is 0 Å². The molecule has 0 heterocycles. The molecule has 0 radical (unpaired) electrons. The Kier molecular flexibility index (Phi) is 4.94. The van der Waals surface area contributed by atoms with Crippen LogP contribution in [0.4, 0.5) is 0 Å². The van der Waals surface area contributed by atoms with Gasteiger partial charge in [-0.3, -0.25) is 0 Å². The van der Waals surface area contributed by atoms with E-state index < -0.39 is 6.10 Å². The van der Waals surface area contributed by atoms with E-state index in [0.717, 1.165) is 24.3 Å². The molecule has 1 aromatic carbocycles. The van der Waals surface area contributed by atoms with Crippen LogP contribution in [0.5, 0.6) is 0 Å². The van der Waals surface area contributed by atoms with Gasteiger partial charge < -0.3 is 5.11 Å². The molecular formula is C15H20Cl2O. The predicted molar refractivity (Wildman–Crippen MR) is 77.2 cm³/mol. The predicted octanol–water partition coefficient (Wildman–Crippen LogP) is 5.24. The molecule has 1 saturated carbocycles. The molecule has 3 atom stereocenters. The van der Waals surface area contributed by atoms with Crippen molar-refractivity contribution in [2.45, 2.75) is 45.1 Å². The molecule has 0 bridgehead atoms. The molecule has 0 saturated heterocycles. The lowest BCUT2D eigenvalue weighted by molar-refractivity contribution is 0.0679. The van der Waals surface area contributed by atoms with Gasteiger partial charge in [0.2, 0.25) is 0 Å². The van der Waals surface area contributed by atoms with Crippen LogP contribution in [0.15, 0.2) is 18.2 Å². The normalized spacial score (nSPS) is 26.0. The fraction of sp³-hybridized carbons (Fsp3) is 0.600. The number of halogens is 2. The van der Waals surface area contributed by atoms with Crippen LogP contribution in [0.1, 0.15) is 50.7 Å². The van der Waals surface area contributed by atoms with E-state index in [2.05, 4.69) is 6.92 Å². The van der Waals surface area contributed by atoms with Gasteiger partial charge in [-0.15, -0.1) is 0 Å². The molecule has 1 aliphatic rings. The van der Waals surface area contributed by atoms with Gasteiger partial charge >= 0.3 is 0 Å². The summed E-state index contributed by atoms with van der Waals surface area (Å²) in [6.07, 6.45) is 5.40. The maximum absolute atomic E-state index is 10.5. The molecule has 0 spiro atoms. The van der Waals surface area contributed by atoms with Gasteiger partial charge in [-0.05, 0) is 30.7 Å². The summed E-state index contributed by atoms with van der Waals surface area (Å²) in [5.74, 6) is 1.07. The second kappa shape index (κ2) is 6.27. The lowest BCUT2D eigenvalue weighted by Crippen LogP contribution is -2.21. The highest BCUT2D eigenvalue weighted by Gasteiger charge is 2.28. The summed E-state index contributed by atoms with van der Waals surface area (Å²) < 4.78 is 0. The van der Waals surface area contributed by atoms with Crippen molar-refractivity contribution in [3.8, 4) is 0 Å². The zero-order valence-corrected chi connectivity index (χ0v) is 12.2. The summed E-state index contributed by atoms with van der Waals surface area (Å²) in [6, 6.07) is 5.50. The summed E-state index contributed by atoms with van der Waals surface area (Å²) >= 11 is 12.2. The standard InChI is InChI=1S/C15H20Cl2O/c1-2-10-5-3-6-11(9-10)15(18)12-7-4-8-13(16)14(12)17/h4,7-8,10-11,15,18H,2-3,5-6,9H2,1H3. The van der Waals surface area contributed by atoms with Crippen molar-refractivity contribution < 1.29 is 5.11 Å². The number of aliphatic hydroxyl groups excluding tert-OH is 1. The number of hydrogen-bond donors (Lipinski definition) is 1. The van der Waals surface area contributed by atoms with E-state index in [1.54, 1.807) is 6.07 Å². The fourth-order valence-corrected chi connectivity index (χ4v) is 3.41. The molecule has 1 fully saturated rings. The Labute approximate surface area is 119 Å². The zero-order valence-electron chi connectivity index (χ0n) is 10.7. The Morgan fingerprint density at radius 1 is 1.33 bits per heavy atom. The van der Waals surface area contributed by atoms with Crippen molar-refractivity contribution in [3.63, 3.8) is 0 Å². The van der Waals surface area contributed by atoms with Crippen molar-refractivity contribution in [2.75, 3.05) is 0 Å². The average Bonchev–Trinajstić information content (AvgIpc) is 2.41. The third-order valence-corrected chi connectivity index (χ3v) is 4.98. The van der Waals surface area contributed by atoms with Gasteiger partial charge in [0.25, 0.3) is 0 Å². The molecule has 0 aliphatic heterocycles. The van der Waals surface area contributed by atoms with Crippen molar-refractivity contribution in [1.29, 1.82) is 0 Å². The molecule has 3 unspecified atom stereocenters. The third kappa shape index (κ3) is 3.01. The Balaban J connectivity index is 2.15. The highest BCUT2D eigenvalue weighted by molar-refractivity contribution is 6.42. The van der Waals surface area contributed by atoms with Gasteiger partial charge in [-0.1, -0.05) is 61.5 Å². The molecule has 1 aromatic rings. The van der Waals surface area contributed by atoms with Crippen LogP contribution in [0.3, 0.4) is 0 Å². The van der Waals surface area contributed by atoms with Gasteiger partial charge in [0.1, 0.15) is 0 Å². The molecular weight excluding hydrogens is 267 g/mol. The number of benzene rings is 1. The molecule has 18 heavy (non-hydrogen) atoms. The lowest BCUT2D eigenvalue weighted by Gasteiger charge is -2.32. The first kappa shape index (κ1) is 14.2. The van der Waals surface area contributed by atoms with E-state index in [-0.39, 0.29) is 0 Å². The Morgan fingerprint density at radius 3 is 2.83 bits per heavy atom. The van der Waals surface area contributed by atoms with E-state index in [4.69, 9.17) is 23.2 Å². The van der Waals surface area contributed by atoms with Crippen LogP contribution in [0, 0.1) is 11.8 Å². The van der Waals surface area contributed by atoms with E-state index in [1.165, 1.54) is 19.3 Å². The van der Waals surface area contributed by atoms with E-state index in [0.29, 0.717) is 16.0 Å². The van der Waals surface area contributed by atoms with Crippen LogP contribution in [0.25, 0.3) is 0 Å². The van der Waals surface area contributed by atoms with Crippen molar-refractivity contribution in [1.82, 2.24) is 0 Å². The lowest BCUT2D eigenvalue weighted by atomic mass is 9.76. The van der Waals surface area contributed by atoms with Crippen LogP contribution in [-0.4, -0.2) is 5.11 Å². The van der Waals surface area contributed by atoms with Crippen LogP contribution in [-0.2, 0) is 0 Å². The van der Waals surface area contributed by atoms with E-state index in [9.17, 15) is 5.11 Å². The summed E-state index contributed by atoms with van der Waals surface area (Å²) in [7, 11) is 0.